The summed E-state index contributed by atoms with van der Waals surface area (Å²) in [6.45, 7) is 2.80. The van der Waals surface area contributed by atoms with Crippen LogP contribution in [0.2, 0.25) is 0 Å². The van der Waals surface area contributed by atoms with E-state index < -0.39 is 9.84 Å². The Bertz CT molecular complexity index is 220. The van der Waals surface area contributed by atoms with Crippen molar-refractivity contribution in [2.24, 2.45) is 0 Å². The maximum absolute atomic E-state index is 11.0. The van der Waals surface area contributed by atoms with Gasteiger partial charge in [-0.25, -0.2) is 8.42 Å². The lowest BCUT2D eigenvalue weighted by atomic mass is 10.3. The molecular formula is C8H16O3S. The lowest BCUT2D eigenvalue weighted by molar-refractivity contribution is 0.0689. The summed E-state index contributed by atoms with van der Waals surface area (Å²) in [5.41, 5.74) is 0. The van der Waals surface area contributed by atoms with E-state index in [9.17, 15) is 8.42 Å². The lowest BCUT2D eigenvalue weighted by Gasteiger charge is -2.08. The summed E-state index contributed by atoms with van der Waals surface area (Å²) in [7, 11) is -2.76. The van der Waals surface area contributed by atoms with E-state index in [0.717, 1.165) is 12.8 Å². The van der Waals surface area contributed by atoms with Crippen LogP contribution < -0.4 is 0 Å². The first-order valence-corrected chi connectivity index (χ1v) is 6.28. The average Bonchev–Trinajstić information content (AvgIpc) is 2.31. The number of hydrogen-bond donors (Lipinski definition) is 0. The SMILES string of the molecule is CCCCO[C@H]1CCS(=O)(=O)C1. The molecule has 0 aromatic carbocycles. The van der Waals surface area contributed by atoms with Gasteiger partial charge in [0.05, 0.1) is 17.6 Å². The smallest absolute Gasteiger partial charge is 0.152 e. The first kappa shape index (κ1) is 9.99. The zero-order valence-electron chi connectivity index (χ0n) is 7.45. The van der Waals surface area contributed by atoms with Crippen molar-refractivity contribution in [1.82, 2.24) is 0 Å². The highest BCUT2D eigenvalue weighted by Crippen LogP contribution is 2.14. The van der Waals surface area contributed by atoms with Crippen LogP contribution in [0.25, 0.3) is 0 Å². The fourth-order valence-electron chi connectivity index (χ4n) is 1.29. The first-order chi connectivity index (χ1) is 5.64. The second kappa shape index (κ2) is 4.23. The van der Waals surface area contributed by atoms with E-state index in [4.69, 9.17) is 4.74 Å². The standard InChI is InChI=1S/C8H16O3S/c1-2-3-5-11-8-4-6-12(9,10)7-8/h8H,2-7H2,1H3/t8-/m0/s1. The third-order valence-electron chi connectivity index (χ3n) is 2.04. The highest BCUT2D eigenvalue weighted by atomic mass is 32.2. The summed E-state index contributed by atoms with van der Waals surface area (Å²) >= 11 is 0. The molecule has 3 nitrogen and oxygen atoms in total. The van der Waals surface area contributed by atoms with E-state index in [-0.39, 0.29) is 11.9 Å². The number of hydrogen-bond acceptors (Lipinski definition) is 3. The Hall–Kier alpha value is -0.0900. The number of sulfone groups is 1. The molecule has 0 spiro atoms. The molecule has 0 aromatic rings. The van der Waals surface area contributed by atoms with Crippen LogP contribution in [0.3, 0.4) is 0 Å². The van der Waals surface area contributed by atoms with E-state index in [2.05, 4.69) is 6.92 Å². The van der Waals surface area contributed by atoms with Crippen LogP contribution in [0.1, 0.15) is 26.2 Å². The molecule has 72 valence electrons. The monoisotopic (exact) mass is 192 g/mol. The molecular weight excluding hydrogens is 176 g/mol. The van der Waals surface area contributed by atoms with Crippen LogP contribution in [0, 0.1) is 0 Å². The predicted molar refractivity (Wildman–Crippen MR) is 47.9 cm³/mol. The van der Waals surface area contributed by atoms with Gasteiger partial charge in [0.25, 0.3) is 0 Å². The molecule has 1 saturated heterocycles. The largest absolute Gasteiger partial charge is 0.377 e. The van der Waals surface area contributed by atoms with Crippen molar-refractivity contribution >= 4 is 9.84 Å². The van der Waals surface area contributed by atoms with Gasteiger partial charge in [0.2, 0.25) is 0 Å². The molecule has 0 aromatic heterocycles. The normalized spacial score (nSPS) is 27.6. The van der Waals surface area contributed by atoms with Gasteiger partial charge >= 0.3 is 0 Å². The Morgan fingerprint density at radius 3 is 2.75 bits per heavy atom. The van der Waals surface area contributed by atoms with Crippen molar-refractivity contribution in [2.45, 2.75) is 32.3 Å². The summed E-state index contributed by atoms with van der Waals surface area (Å²) in [4.78, 5) is 0. The molecule has 1 aliphatic heterocycles. The minimum atomic E-state index is -2.76. The Morgan fingerprint density at radius 2 is 2.25 bits per heavy atom. The van der Waals surface area contributed by atoms with E-state index in [1.807, 2.05) is 0 Å². The quantitative estimate of drug-likeness (QED) is 0.624. The summed E-state index contributed by atoms with van der Waals surface area (Å²) in [5.74, 6) is 0.542. The van der Waals surface area contributed by atoms with Gasteiger partial charge in [-0.15, -0.1) is 0 Å². The minimum absolute atomic E-state index is 0.0263. The third-order valence-corrected chi connectivity index (χ3v) is 3.78. The van der Waals surface area contributed by atoms with Crippen molar-refractivity contribution in [2.75, 3.05) is 18.1 Å². The van der Waals surface area contributed by atoms with Gasteiger partial charge in [-0.1, -0.05) is 13.3 Å². The van der Waals surface area contributed by atoms with Gasteiger partial charge in [-0.05, 0) is 12.8 Å². The molecule has 0 bridgehead atoms. The van der Waals surface area contributed by atoms with E-state index in [0.29, 0.717) is 18.8 Å². The Kier molecular flexibility index (Phi) is 3.53. The highest BCUT2D eigenvalue weighted by molar-refractivity contribution is 7.91. The van der Waals surface area contributed by atoms with Crippen LogP contribution in [-0.2, 0) is 14.6 Å². The average molecular weight is 192 g/mol. The maximum Gasteiger partial charge on any atom is 0.152 e. The highest BCUT2D eigenvalue weighted by Gasteiger charge is 2.27. The fraction of sp³-hybridized carbons (Fsp3) is 1.00. The van der Waals surface area contributed by atoms with E-state index in [1.54, 1.807) is 0 Å². The van der Waals surface area contributed by atoms with Crippen LogP contribution in [-0.4, -0.2) is 32.6 Å². The van der Waals surface area contributed by atoms with E-state index in [1.165, 1.54) is 0 Å². The maximum atomic E-state index is 11.0. The zero-order chi connectivity index (χ0) is 9.03. The molecule has 0 radical (unpaired) electrons. The van der Waals surface area contributed by atoms with Crippen molar-refractivity contribution in [3.63, 3.8) is 0 Å². The summed E-state index contributed by atoms with van der Waals surface area (Å²) in [5, 5.41) is 0. The van der Waals surface area contributed by atoms with Gasteiger partial charge in [-0.2, -0.15) is 0 Å². The number of unbranched alkanes of at least 4 members (excludes halogenated alkanes) is 1. The Labute approximate surface area is 74.0 Å². The van der Waals surface area contributed by atoms with Crippen LogP contribution in [0.4, 0.5) is 0 Å². The molecule has 4 heteroatoms. The van der Waals surface area contributed by atoms with Gasteiger partial charge in [-0.3, -0.25) is 0 Å². The molecule has 0 amide bonds. The molecule has 12 heavy (non-hydrogen) atoms. The fourth-order valence-corrected chi connectivity index (χ4v) is 2.90. The van der Waals surface area contributed by atoms with Gasteiger partial charge < -0.3 is 4.74 Å². The van der Waals surface area contributed by atoms with E-state index >= 15 is 0 Å². The second-order valence-corrected chi connectivity index (χ2v) is 5.48. The molecule has 1 fully saturated rings. The molecule has 1 heterocycles. The molecule has 0 unspecified atom stereocenters. The first-order valence-electron chi connectivity index (χ1n) is 4.46. The molecule has 1 rings (SSSR count). The van der Waals surface area contributed by atoms with Gasteiger partial charge in [0, 0.05) is 6.61 Å². The molecule has 1 aliphatic rings. The second-order valence-electron chi connectivity index (χ2n) is 3.25. The van der Waals surface area contributed by atoms with Crippen molar-refractivity contribution < 1.29 is 13.2 Å². The molecule has 0 aliphatic carbocycles. The Morgan fingerprint density at radius 1 is 1.50 bits per heavy atom. The predicted octanol–water partition coefficient (Wildman–Crippen LogP) is 0.990. The van der Waals surface area contributed by atoms with Crippen molar-refractivity contribution in [3.8, 4) is 0 Å². The van der Waals surface area contributed by atoms with Crippen LogP contribution >= 0.6 is 0 Å². The summed E-state index contributed by atoms with van der Waals surface area (Å²) in [6.07, 6.45) is 2.78. The zero-order valence-corrected chi connectivity index (χ0v) is 8.27. The third kappa shape index (κ3) is 3.11. The van der Waals surface area contributed by atoms with Gasteiger partial charge in [0.1, 0.15) is 0 Å². The molecule has 0 saturated carbocycles. The van der Waals surface area contributed by atoms with Crippen molar-refractivity contribution in [3.05, 3.63) is 0 Å². The summed E-state index contributed by atoms with van der Waals surface area (Å²) in [6, 6.07) is 0. The Balaban J connectivity index is 2.20. The number of rotatable bonds is 4. The number of ether oxygens (including phenoxy) is 1. The summed E-state index contributed by atoms with van der Waals surface area (Å²) < 4.78 is 27.4. The molecule has 0 N–H and O–H groups in total. The van der Waals surface area contributed by atoms with Crippen molar-refractivity contribution in [1.29, 1.82) is 0 Å². The lowest BCUT2D eigenvalue weighted by Crippen LogP contribution is -2.15. The minimum Gasteiger partial charge on any atom is -0.377 e. The van der Waals surface area contributed by atoms with Crippen LogP contribution in [0.5, 0.6) is 0 Å². The van der Waals surface area contributed by atoms with Gasteiger partial charge in [0.15, 0.2) is 9.84 Å². The topological polar surface area (TPSA) is 43.4 Å². The van der Waals surface area contributed by atoms with Crippen LogP contribution in [0.15, 0.2) is 0 Å². The molecule has 1 atom stereocenters.